The van der Waals surface area contributed by atoms with Crippen LogP contribution >= 0.6 is 0 Å². The molecular weight excluding hydrogens is 212 g/mol. The molecule has 4 bridgehead atoms. The summed E-state index contributed by atoms with van der Waals surface area (Å²) >= 11 is 0. The molecule has 4 aliphatic rings. The van der Waals surface area contributed by atoms with Gasteiger partial charge in [-0.25, -0.2) is 0 Å². The minimum absolute atomic E-state index is 0.0372. The minimum Gasteiger partial charge on any atom is -0.469 e. The van der Waals surface area contributed by atoms with Gasteiger partial charge >= 0.3 is 5.97 Å². The van der Waals surface area contributed by atoms with Crippen molar-refractivity contribution in [2.24, 2.45) is 40.9 Å². The predicted octanol–water partition coefficient (Wildman–Crippen LogP) is 2.64. The van der Waals surface area contributed by atoms with Gasteiger partial charge in [-0.2, -0.15) is 0 Å². The molecule has 0 aromatic rings. The van der Waals surface area contributed by atoms with Crippen molar-refractivity contribution in [1.82, 2.24) is 0 Å². The molecule has 3 fully saturated rings. The van der Waals surface area contributed by atoms with E-state index in [-0.39, 0.29) is 11.4 Å². The van der Waals surface area contributed by atoms with Crippen LogP contribution < -0.4 is 0 Å². The van der Waals surface area contributed by atoms with E-state index in [0.29, 0.717) is 5.92 Å². The maximum atomic E-state index is 12.1. The number of methoxy groups -OCH3 is 1. The average molecular weight is 232 g/mol. The number of hydrogen-bond acceptors (Lipinski definition) is 2. The summed E-state index contributed by atoms with van der Waals surface area (Å²) in [6, 6.07) is 0. The van der Waals surface area contributed by atoms with E-state index >= 15 is 0 Å². The number of esters is 1. The Balaban J connectivity index is 1.71. The quantitative estimate of drug-likeness (QED) is 0.395. The Morgan fingerprint density at radius 2 is 1.94 bits per heavy atom. The van der Waals surface area contributed by atoms with Crippen molar-refractivity contribution in [1.29, 1.82) is 0 Å². The Hall–Kier alpha value is -0.790. The molecule has 4 aliphatic carbocycles. The summed E-state index contributed by atoms with van der Waals surface area (Å²) < 4.78 is 5.06. The normalized spacial score (nSPS) is 57.5. The molecule has 0 aliphatic heterocycles. The zero-order valence-corrected chi connectivity index (χ0v) is 10.6. The van der Waals surface area contributed by atoms with E-state index in [9.17, 15) is 4.79 Å². The van der Waals surface area contributed by atoms with Crippen LogP contribution in [0.25, 0.3) is 0 Å². The van der Waals surface area contributed by atoms with Crippen LogP contribution in [0, 0.1) is 40.9 Å². The molecule has 4 rings (SSSR count). The number of carbonyl (C=O) groups excluding carboxylic acids is 1. The van der Waals surface area contributed by atoms with Crippen LogP contribution in [0.5, 0.6) is 0 Å². The van der Waals surface area contributed by atoms with Gasteiger partial charge in [0.05, 0.1) is 12.5 Å². The van der Waals surface area contributed by atoms with Crippen molar-refractivity contribution >= 4 is 5.97 Å². The summed E-state index contributed by atoms with van der Waals surface area (Å²) in [5, 5.41) is 0. The molecule has 92 valence electrons. The van der Waals surface area contributed by atoms with E-state index in [0.717, 1.165) is 36.0 Å². The molecule has 0 N–H and O–H groups in total. The molecule has 2 nitrogen and oxygen atoms in total. The average Bonchev–Trinajstić information content (AvgIpc) is 3.03. The van der Waals surface area contributed by atoms with E-state index in [1.165, 1.54) is 20.0 Å². The Bertz CT molecular complexity index is 413. The van der Waals surface area contributed by atoms with Gasteiger partial charge in [-0.3, -0.25) is 4.79 Å². The monoisotopic (exact) mass is 232 g/mol. The number of rotatable bonds is 1. The molecule has 0 unspecified atom stereocenters. The van der Waals surface area contributed by atoms with E-state index in [2.05, 4.69) is 19.1 Å². The van der Waals surface area contributed by atoms with Crippen molar-refractivity contribution in [3.63, 3.8) is 0 Å². The first-order valence-corrected chi connectivity index (χ1v) is 6.92. The first-order valence-electron chi connectivity index (χ1n) is 6.92. The molecule has 0 saturated heterocycles. The molecule has 0 amide bonds. The van der Waals surface area contributed by atoms with E-state index in [1.54, 1.807) is 0 Å². The van der Waals surface area contributed by atoms with Crippen molar-refractivity contribution in [2.75, 3.05) is 7.11 Å². The van der Waals surface area contributed by atoms with Crippen molar-refractivity contribution in [3.05, 3.63) is 12.2 Å². The fraction of sp³-hybridized carbons (Fsp3) is 0.800. The van der Waals surface area contributed by atoms with E-state index < -0.39 is 0 Å². The molecule has 0 heterocycles. The summed E-state index contributed by atoms with van der Waals surface area (Å²) in [5.74, 6) is 4.70. The molecule has 3 saturated carbocycles. The number of ether oxygens (including phenoxy) is 1. The van der Waals surface area contributed by atoms with Gasteiger partial charge in [0.25, 0.3) is 0 Å². The van der Waals surface area contributed by atoms with Crippen LogP contribution in [0.2, 0.25) is 0 Å². The molecule has 0 aromatic carbocycles. The lowest BCUT2D eigenvalue weighted by Crippen LogP contribution is -2.42. The van der Waals surface area contributed by atoms with Gasteiger partial charge in [0.1, 0.15) is 0 Å². The Morgan fingerprint density at radius 1 is 1.24 bits per heavy atom. The Labute approximate surface area is 102 Å². The van der Waals surface area contributed by atoms with Crippen LogP contribution in [-0.4, -0.2) is 13.1 Å². The summed E-state index contributed by atoms with van der Waals surface area (Å²) in [5.41, 5.74) is -0.182. The van der Waals surface area contributed by atoms with Gasteiger partial charge in [-0.1, -0.05) is 12.2 Å². The number of carbonyl (C=O) groups is 1. The predicted molar refractivity (Wildman–Crippen MR) is 64.1 cm³/mol. The number of fused-ring (bicyclic) bond motifs is 9. The lowest BCUT2D eigenvalue weighted by Gasteiger charge is -2.41. The zero-order chi connectivity index (χ0) is 11.8. The Morgan fingerprint density at radius 3 is 2.65 bits per heavy atom. The van der Waals surface area contributed by atoms with Crippen molar-refractivity contribution in [2.45, 2.75) is 26.2 Å². The van der Waals surface area contributed by atoms with Crippen molar-refractivity contribution < 1.29 is 9.53 Å². The van der Waals surface area contributed by atoms with E-state index in [1.807, 2.05) is 0 Å². The molecule has 0 radical (unpaired) electrons. The molecule has 17 heavy (non-hydrogen) atoms. The first-order chi connectivity index (χ1) is 8.15. The summed E-state index contributed by atoms with van der Waals surface area (Å²) in [6.45, 7) is 2.15. The van der Waals surface area contributed by atoms with E-state index in [4.69, 9.17) is 4.74 Å². The van der Waals surface area contributed by atoms with Gasteiger partial charge in [0, 0.05) is 0 Å². The highest BCUT2D eigenvalue weighted by atomic mass is 16.5. The van der Waals surface area contributed by atoms with Gasteiger partial charge in [0.15, 0.2) is 0 Å². The second-order valence-corrected chi connectivity index (χ2v) is 6.82. The summed E-state index contributed by atoms with van der Waals surface area (Å²) in [4.78, 5) is 12.1. The number of allylic oxidation sites excluding steroid dienone is 2. The summed E-state index contributed by atoms with van der Waals surface area (Å²) in [6.07, 6.45) is 8.57. The summed E-state index contributed by atoms with van der Waals surface area (Å²) in [7, 11) is 1.54. The van der Waals surface area contributed by atoms with Gasteiger partial charge in [-0.05, 0) is 61.7 Å². The largest absolute Gasteiger partial charge is 0.469 e. The maximum absolute atomic E-state index is 12.1. The van der Waals surface area contributed by atoms with Crippen LogP contribution in [-0.2, 0) is 9.53 Å². The van der Waals surface area contributed by atoms with Gasteiger partial charge in [-0.15, -0.1) is 0 Å². The third-order valence-electron chi connectivity index (χ3n) is 6.30. The van der Waals surface area contributed by atoms with Crippen molar-refractivity contribution in [3.8, 4) is 0 Å². The molecule has 0 aromatic heterocycles. The maximum Gasteiger partial charge on any atom is 0.311 e. The third kappa shape index (κ3) is 1.01. The lowest BCUT2D eigenvalue weighted by molar-refractivity contribution is -0.157. The highest BCUT2D eigenvalue weighted by Gasteiger charge is 2.66. The highest BCUT2D eigenvalue weighted by molar-refractivity contribution is 5.77. The minimum atomic E-state index is -0.182. The van der Waals surface area contributed by atoms with Crippen LogP contribution in [0.15, 0.2) is 12.2 Å². The van der Waals surface area contributed by atoms with Gasteiger partial charge < -0.3 is 4.74 Å². The second kappa shape index (κ2) is 2.96. The fourth-order valence-electron chi connectivity index (χ4n) is 5.84. The van der Waals surface area contributed by atoms with Crippen LogP contribution in [0.4, 0.5) is 0 Å². The molecular formula is C15H20O2. The zero-order valence-electron chi connectivity index (χ0n) is 10.6. The number of hydrogen-bond donors (Lipinski definition) is 0. The van der Waals surface area contributed by atoms with Gasteiger partial charge in [0.2, 0.25) is 0 Å². The topological polar surface area (TPSA) is 26.3 Å². The third-order valence-corrected chi connectivity index (χ3v) is 6.30. The SMILES string of the molecule is COC(=O)[C@@]1(C)C[C@@H]2C[C@H]1[C@@H]1[C@H]2[C@@H]2C=C[C@H]1C2. The van der Waals surface area contributed by atoms with Crippen LogP contribution in [0.1, 0.15) is 26.2 Å². The smallest absolute Gasteiger partial charge is 0.311 e. The fourth-order valence-corrected chi connectivity index (χ4v) is 5.84. The first kappa shape index (κ1) is 10.2. The standard InChI is InChI=1S/C15H20O2/c1-15(14(16)17-2)7-10-6-11(15)13-9-4-3-8(5-9)12(10)13/h3-4,8-13H,5-7H2,1-2H3/t8-,9+,10+,11+,12+,13-,15+/m1/s1. The molecule has 7 atom stereocenters. The Kier molecular flexibility index (Phi) is 1.77. The second-order valence-electron chi connectivity index (χ2n) is 6.82. The lowest BCUT2D eigenvalue weighted by atomic mass is 9.63. The van der Waals surface area contributed by atoms with Crippen LogP contribution in [0.3, 0.4) is 0 Å². The molecule has 0 spiro atoms. The highest BCUT2D eigenvalue weighted by Crippen LogP contribution is 2.70. The molecule has 2 heteroatoms.